The monoisotopic (exact) mass is 904 g/mol. The van der Waals surface area contributed by atoms with Crippen LogP contribution in [0.25, 0.3) is 0 Å². The number of unbranched alkanes of at least 4 members (excludes halogenated alkanes) is 41. The Morgan fingerprint density at radius 1 is 0.422 bits per heavy atom. The molecule has 0 heterocycles. The molecule has 2 unspecified atom stereocenters. The van der Waals surface area contributed by atoms with Crippen LogP contribution in [0.4, 0.5) is 0 Å². The molecule has 0 saturated carbocycles. The first-order valence-electron chi connectivity index (χ1n) is 28.9. The second-order valence-corrected chi connectivity index (χ2v) is 20.0. The van der Waals surface area contributed by atoms with Gasteiger partial charge in [-0.15, -0.1) is 0 Å². The van der Waals surface area contributed by atoms with Gasteiger partial charge in [-0.3, -0.25) is 9.59 Å². The summed E-state index contributed by atoms with van der Waals surface area (Å²) in [4.78, 5) is 24.5. The lowest BCUT2D eigenvalue weighted by atomic mass is 10.0. The van der Waals surface area contributed by atoms with Crippen LogP contribution in [0.1, 0.15) is 322 Å². The van der Waals surface area contributed by atoms with Crippen LogP contribution in [0.15, 0.2) is 12.2 Å². The van der Waals surface area contributed by atoms with E-state index in [0.717, 1.165) is 44.9 Å². The molecule has 6 nitrogen and oxygen atoms in total. The van der Waals surface area contributed by atoms with E-state index in [4.69, 9.17) is 4.74 Å². The number of hydrogen-bond acceptors (Lipinski definition) is 5. The Balaban J connectivity index is 3.38. The van der Waals surface area contributed by atoms with Crippen LogP contribution in [-0.4, -0.2) is 47.4 Å². The second kappa shape index (κ2) is 54.2. The van der Waals surface area contributed by atoms with E-state index in [-0.39, 0.29) is 18.5 Å². The highest BCUT2D eigenvalue weighted by atomic mass is 16.5. The highest BCUT2D eigenvalue weighted by Gasteiger charge is 2.20. The third-order valence-electron chi connectivity index (χ3n) is 13.6. The molecule has 0 aliphatic carbocycles. The number of amides is 1. The van der Waals surface area contributed by atoms with Crippen LogP contribution in [-0.2, 0) is 14.3 Å². The van der Waals surface area contributed by atoms with Crippen LogP contribution < -0.4 is 5.32 Å². The van der Waals surface area contributed by atoms with Crippen molar-refractivity contribution in [3.8, 4) is 0 Å². The fourth-order valence-corrected chi connectivity index (χ4v) is 9.11. The quantitative estimate of drug-likeness (QED) is 0.0321. The molecule has 0 aromatic heterocycles. The van der Waals surface area contributed by atoms with E-state index >= 15 is 0 Å². The van der Waals surface area contributed by atoms with E-state index in [9.17, 15) is 19.8 Å². The molecule has 0 aliphatic rings. The zero-order chi connectivity index (χ0) is 46.5. The van der Waals surface area contributed by atoms with Crippen molar-refractivity contribution >= 4 is 11.9 Å². The molecule has 0 aromatic rings. The molecule has 0 rings (SSSR count). The Bertz CT molecular complexity index is 955. The predicted octanol–water partition coefficient (Wildman–Crippen LogP) is 17.7. The number of aliphatic hydroxyl groups excluding tert-OH is 2. The molecule has 0 bridgehead atoms. The Morgan fingerprint density at radius 2 is 0.734 bits per heavy atom. The van der Waals surface area contributed by atoms with Crippen molar-refractivity contribution in [3.05, 3.63) is 12.2 Å². The maximum Gasteiger partial charge on any atom is 0.305 e. The molecule has 0 saturated heterocycles. The number of hydrogen-bond donors (Lipinski definition) is 3. The molecule has 0 spiro atoms. The van der Waals surface area contributed by atoms with Gasteiger partial charge in [-0.1, -0.05) is 270 Å². The third kappa shape index (κ3) is 50.0. The standard InChI is InChI=1S/C58H113NO5/c1-3-5-7-9-11-13-15-17-28-32-36-40-44-48-52-58(63)64-53-49-45-41-37-33-29-25-23-21-19-18-20-22-24-27-31-35-39-43-47-51-57(62)59-55(54-60)56(61)50-46-42-38-34-30-26-16-14-12-10-8-6-4-2/h15,17,55-56,60-61H,3-14,16,18-54H2,1-2H3,(H,59,62)/b17-15-. The third-order valence-corrected chi connectivity index (χ3v) is 13.6. The topological polar surface area (TPSA) is 95.9 Å². The highest BCUT2D eigenvalue weighted by molar-refractivity contribution is 5.76. The molecule has 0 aliphatic heterocycles. The average Bonchev–Trinajstić information content (AvgIpc) is 3.29. The SMILES string of the molecule is CCCCCCC/C=C\CCCCCCCC(=O)OCCCCCCCCCCCCCCCCCCCCCCC(=O)NC(CO)C(O)CCCCCCCCCCCCCCC. The second-order valence-electron chi connectivity index (χ2n) is 20.0. The Morgan fingerprint density at radius 3 is 1.11 bits per heavy atom. The summed E-state index contributed by atoms with van der Waals surface area (Å²) in [5.74, 6) is -0.0333. The van der Waals surface area contributed by atoms with Gasteiger partial charge in [0, 0.05) is 12.8 Å². The summed E-state index contributed by atoms with van der Waals surface area (Å²) in [5, 5.41) is 23.2. The summed E-state index contributed by atoms with van der Waals surface area (Å²) in [5.41, 5.74) is 0. The fourth-order valence-electron chi connectivity index (χ4n) is 9.11. The first kappa shape index (κ1) is 62.6. The number of nitrogens with one attached hydrogen (secondary N) is 1. The van der Waals surface area contributed by atoms with E-state index in [1.165, 1.54) is 244 Å². The zero-order valence-corrected chi connectivity index (χ0v) is 43.3. The summed E-state index contributed by atoms with van der Waals surface area (Å²) in [6, 6.07) is -0.541. The Labute approximate surface area is 399 Å². The molecular weight excluding hydrogens is 791 g/mol. The van der Waals surface area contributed by atoms with Gasteiger partial charge in [-0.25, -0.2) is 0 Å². The summed E-state index contributed by atoms with van der Waals surface area (Å²) in [6.45, 7) is 4.95. The average molecular weight is 905 g/mol. The van der Waals surface area contributed by atoms with Gasteiger partial charge in [0.2, 0.25) is 5.91 Å². The van der Waals surface area contributed by atoms with Gasteiger partial charge in [0.15, 0.2) is 0 Å². The fraction of sp³-hybridized carbons (Fsp3) is 0.931. The van der Waals surface area contributed by atoms with Crippen molar-refractivity contribution in [2.75, 3.05) is 13.2 Å². The molecule has 0 aromatic carbocycles. The molecule has 2 atom stereocenters. The number of ether oxygens (including phenoxy) is 1. The van der Waals surface area contributed by atoms with Crippen molar-refractivity contribution in [2.45, 2.75) is 334 Å². The number of esters is 1. The summed E-state index contributed by atoms with van der Waals surface area (Å²) in [7, 11) is 0. The highest BCUT2D eigenvalue weighted by Crippen LogP contribution is 2.17. The lowest BCUT2D eigenvalue weighted by Gasteiger charge is -2.22. The Kier molecular flexibility index (Phi) is 53.0. The summed E-state index contributed by atoms with van der Waals surface area (Å²) >= 11 is 0. The van der Waals surface area contributed by atoms with Crippen molar-refractivity contribution in [3.63, 3.8) is 0 Å². The number of aliphatic hydroxyl groups is 2. The lowest BCUT2D eigenvalue weighted by molar-refractivity contribution is -0.143. The molecule has 0 radical (unpaired) electrons. The van der Waals surface area contributed by atoms with E-state index in [2.05, 4.69) is 31.3 Å². The number of carbonyl (C=O) groups is 2. The smallest absolute Gasteiger partial charge is 0.305 e. The normalized spacial score (nSPS) is 12.6. The minimum Gasteiger partial charge on any atom is -0.466 e. The van der Waals surface area contributed by atoms with Crippen LogP contribution in [0.2, 0.25) is 0 Å². The van der Waals surface area contributed by atoms with Gasteiger partial charge in [0.1, 0.15) is 0 Å². The molecule has 1 amide bonds. The first-order valence-corrected chi connectivity index (χ1v) is 28.9. The van der Waals surface area contributed by atoms with Crippen LogP contribution >= 0.6 is 0 Å². The molecular formula is C58H113NO5. The Hall–Kier alpha value is -1.40. The lowest BCUT2D eigenvalue weighted by Crippen LogP contribution is -2.45. The van der Waals surface area contributed by atoms with Gasteiger partial charge in [0.05, 0.1) is 25.4 Å². The predicted molar refractivity (Wildman–Crippen MR) is 278 cm³/mol. The van der Waals surface area contributed by atoms with E-state index < -0.39 is 12.1 Å². The van der Waals surface area contributed by atoms with Crippen molar-refractivity contribution in [1.82, 2.24) is 5.32 Å². The number of allylic oxidation sites excluding steroid dienone is 2. The van der Waals surface area contributed by atoms with Gasteiger partial charge in [-0.2, -0.15) is 0 Å². The number of rotatable bonds is 54. The van der Waals surface area contributed by atoms with Crippen molar-refractivity contribution < 1.29 is 24.5 Å². The van der Waals surface area contributed by atoms with Gasteiger partial charge in [0.25, 0.3) is 0 Å². The number of carbonyl (C=O) groups excluding carboxylic acids is 2. The molecule has 6 heteroatoms. The van der Waals surface area contributed by atoms with Gasteiger partial charge < -0.3 is 20.3 Å². The van der Waals surface area contributed by atoms with Gasteiger partial charge in [-0.05, 0) is 51.4 Å². The summed E-state index contributed by atoms with van der Waals surface area (Å²) < 4.78 is 5.47. The molecule has 3 N–H and O–H groups in total. The largest absolute Gasteiger partial charge is 0.466 e. The molecule has 64 heavy (non-hydrogen) atoms. The van der Waals surface area contributed by atoms with E-state index in [0.29, 0.717) is 25.9 Å². The summed E-state index contributed by atoms with van der Waals surface area (Å²) in [6.07, 6.45) is 63.4. The van der Waals surface area contributed by atoms with Crippen LogP contribution in [0.5, 0.6) is 0 Å². The maximum absolute atomic E-state index is 12.5. The van der Waals surface area contributed by atoms with Crippen LogP contribution in [0, 0.1) is 0 Å². The minimum absolute atomic E-state index is 0.00250. The van der Waals surface area contributed by atoms with Gasteiger partial charge >= 0.3 is 5.97 Å². The van der Waals surface area contributed by atoms with E-state index in [1.54, 1.807) is 0 Å². The van der Waals surface area contributed by atoms with Crippen molar-refractivity contribution in [1.29, 1.82) is 0 Å². The zero-order valence-electron chi connectivity index (χ0n) is 43.3. The molecule has 0 fully saturated rings. The van der Waals surface area contributed by atoms with Crippen LogP contribution in [0.3, 0.4) is 0 Å². The minimum atomic E-state index is -0.664. The maximum atomic E-state index is 12.5. The van der Waals surface area contributed by atoms with Crippen molar-refractivity contribution in [2.24, 2.45) is 0 Å². The first-order chi connectivity index (χ1) is 31.5. The van der Waals surface area contributed by atoms with E-state index in [1.807, 2.05) is 0 Å². The molecule has 380 valence electrons.